The molecule has 0 aromatic rings. The van der Waals surface area contributed by atoms with E-state index in [4.69, 9.17) is 68.4 Å². The lowest BCUT2D eigenvalue weighted by Gasteiger charge is -2.09. The van der Waals surface area contributed by atoms with Gasteiger partial charge in [0.25, 0.3) is 0 Å². The summed E-state index contributed by atoms with van der Waals surface area (Å²) < 4.78 is 66.0. The van der Waals surface area contributed by atoms with Gasteiger partial charge in [-0.3, -0.25) is 0 Å². The zero-order valence-corrected chi connectivity index (χ0v) is 31.1. The van der Waals surface area contributed by atoms with Crippen LogP contribution in [0.25, 0.3) is 0 Å². The molecule has 0 unspecified atom stereocenters. The van der Waals surface area contributed by atoms with Gasteiger partial charge < -0.3 is 56.8 Å². The summed E-state index contributed by atoms with van der Waals surface area (Å²) in [5.41, 5.74) is 0. The first kappa shape index (κ1) is 47.8. The predicted molar refractivity (Wildman–Crippen MR) is 188 cm³/mol. The van der Waals surface area contributed by atoms with Gasteiger partial charge in [-0.15, -0.1) is 11.6 Å². The second-order valence-electron chi connectivity index (χ2n) is 10.9. The van der Waals surface area contributed by atoms with Crippen molar-refractivity contribution >= 4 is 11.6 Å². The molecule has 0 aliphatic rings. The molecule has 0 aromatic carbocycles. The third kappa shape index (κ3) is 45.8. The van der Waals surface area contributed by atoms with Crippen LogP contribution in [-0.2, 0) is 56.8 Å². The first-order valence-electron chi connectivity index (χ1n) is 18.4. The Kier molecular flexibility index (Phi) is 46.6. The molecule has 0 bridgehead atoms. The molecule has 0 fully saturated rings. The Hall–Kier alpha value is -0.190. The van der Waals surface area contributed by atoms with Crippen LogP contribution in [0.15, 0.2) is 0 Å². The molecule has 290 valence electrons. The maximum Gasteiger partial charge on any atom is 0.0701 e. The van der Waals surface area contributed by atoms with E-state index in [1.54, 1.807) is 0 Å². The van der Waals surface area contributed by atoms with Crippen molar-refractivity contribution in [2.24, 2.45) is 0 Å². The van der Waals surface area contributed by atoms with Crippen LogP contribution < -0.4 is 0 Å². The van der Waals surface area contributed by atoms with Gasteiger partial charge in [-0.25, -0.2) is 0 Å². The first-order valence-corrected chi connectivity index (χ1v) is 18.9. The molecule has 0 aliphatic heterocycles. The Balaban J connectivity index is 3.04. The molecule has 0 aromatic heterocycles. The van der Waals surface area contributed by atoms with E-state index < -0.39 is 0 Å². The molecule has 13 heteroatoms. The molecule has 48 heavy (non-hydrogen) atoms. The Bertz CT molecular complexity index is 508. The van der Waals surface area contributed by atoms with Crippen LogP contribution >= 0.6 is 11.6 Å². The summed E-state index contributed by atoms with van der Waals surface area (Å²) in [4.78, 5) is 0. The SMILES string of the molecule is CCCCCCCOCCOCCOCCOCCOCCOCCOCCOCCOCCOCCOCCOCCCCCCCl. The average Bonchev–Trinajstić information content (AvgIpc) is 3.10. The van der Waals surface area contributed by atoms with Crippen LogP contribution in [0, 0.1) is 0 Å². The van der Waals surface area contributed by atoms with Gasteiger partial charge in [0, 0.05) is 19.1 Å². The van der Waals surface area contributed by atoms with Crippen LogP contribution in [0.2, 0.25) is 0 Å². The van der Waals surface area contributed by atoms with E-state index in [-0.39, 0.29) is 0 Å². The third-order valence-electron chi connectivity index (χ3n) is 6.66. The minimum atomic E-state index is 0.518. The summed E-state index contributed by atoms with van der Waals surface area (Å²) in [6.45, 7) is 15.9. The van der Waals surface area contributed by atoms with Crippen LogP contribution in [-0.4, -0.2) is 164 Å². The second-order valence-corrected chi connectivity index (χ2v) is 11.2. The van der Waals surface area contributed by atoms with E-state index in [9.17, 15) is 0 Å². The van der Waals surface area contributed by atoms with Crippen molar-refractivity contribution in [3.63, 3.8) is 0 Å². The summed E-state index contributed by atoms with van der Waals surface area (Å²) in [5, 5.41) is 0. The Labute approximate surface area is 297 Å². The van der Waals surface area contributed by atoms with Crippen LogP contribution in [0.3, 0.4) is 0 Å². The lowest BCUT2D eigenvalue weighted by atomic mass is 10.2. The fraction of sp³-hybridized carbons (Fsp3) is 1.00. The zero-order valence-electron chi connectivity index (χ0n) is 30.3. The Morgan fingerprint density at radius 3 is 0.625 bits per heavy atom. The molecule has 0 saturated carbocycles. The molecular weight excluding hydrogens is 648 g/mol. The number of rotatable bonds is 45. The largest absolute Gasteiger partial charge is 0.379 e. The maximum atomic E-state index is 5.66. The van der Waals surface area contributed by atoms with Gasteiger partial charge in [-0.05, 0) is 19.3 Å². The minimum absolute atomic E-state index is 0.518. The van der Waals surface area contributed by atoms with Crippen LogP contribution in [0.1, 0.15) is 64.7 Å². The number of unbranched alkanes of at least 4 members (excludes halogenated alkanes) is 7. The van der Waals surface area contributed by atoms with Crippen molar-refractivity contribution in [1.29, 1.82) is 0 Å². The monoisotopic (exact) mass is 718 g/mol. The smallest absolute Gasteiger partial charge is 0.0701 e. The summed E-state index contributed by atoms with van der Waals surface area (Å²) >= 11 is 5.66. The fourth-order valence-corrected chi connectivity index (χ4v) is 4.17. The number of hydrogen-bond donors (Lipinski definition) is 0. The van der Waals surface area contributed by atoms with Crippen molar-refractivity contribution in [3.8, 4) is 0 Å². The van der Waals surface area contributed by atoms with Gasteiger partial charge in [-0.2, -0.15) is 0 Å². The zero-order chi connectivity index (χ0) is 34.5. The molecule has 0 heterocycles. The lowest BCUT2D eigenvalue weighted by molar-refractivity contribution is -0.0284. The van der Waals surface area contributed by atoms with E-state index >= 15 is 0 Å². The quantitative estimate of drug-likeness (QED) is 0.0628. The molecule has 0 aliphatic carbocycles. The van der Waals surface area contributed by atoms with Crippen molar-refractivity contribution in [1.82, 2.24) is 0 Å². The normalized spacial score (nSPS) is 11.6. The Morgan fingerprint density at radius 1 is 0.229 bits per heavy atom. The third-order valence-corrected chi connectivity index (χ3v) is 6.92. The number of hydrogen-bond acceptors (Lipinski definition) is 12. The van der Waals surface area contributed by atoms with Crippen molar-refractivity contribution < 1.29 is 56.8 Å². The van der Waals surface area contributed by atoms with Crippen molar-refractivity contribution in [2.45, 2.75) is 64.7 Å². The summed E-state index contributed by atoms with van der Waals surface area (Å²) in [5.74, 6) is 0.745. The van der Waals surface area contributed by atoms with Crippen LogP contribution in [0.4, 0.5) is 0 Å². The van der Waals surface area contributed by atoms with Crippen molar-refractivity contribution in [3.05, 3.63) is 0 Å². The summed E-state index contributed by atoms with van der Waals surface area (Å²) in [7, 11) is 0. The first-order chi connectivity index (χ1) is 23.9. The van der Waals surface area contributed by atoms with E-state index in [1.165, 1.54) is 38.5 Å². The summed E-state index contributed by atoms with van der Waals surface area (Å²) in [6.07, 6.45) is 10.8. The maximum absolute atomic E-state index is 5.66. The Morgan fingerprint density at radius 2 is 0.417 bits per heavy atom. The molecule has 0 N–H and O–H groups in total. The van der Waals surface area contributed by atoms with Gasteiger partial charge in [0.15, 0.2) is 0 Å². The molecule has 0 rings (SSSR count). The highest BCUT2D eigenvalue weighted by molar-refractivity contribution is 6.17. The highest BCUT2D eigenvalue weighted by Gasteiger charge is 1.97. The molecule has 0 spiro atoms. The molecule has 0 atom stereocenters. The van der Waals surface area contributed by atoms with Gasteiger partial charge in [-0.1, -0.05) is 45.4 Å². The number of halogens is 1. The van der Waals surface area contributed by atoms with E-state index in [0.717, 1.165) is 38.4 Å². The standard InChI is InChI=1S/C35H71ClO12/c1-2-3-4-6-9-12-37-14-16-39-18-20-41-22-24-43-26-28-45-30-32-47-34-35-48-33-31-46-29-27-44-25-23-42-21-19-40-17-15-38-13-10-7-5-8-11-36/h2-35H2,1H3. The highest BCUT2D eigenvalue weighted by atomic mass is 35.5. The number of ether oxygens (including phenoxy) is 12. The molecular formula is C35H71ClO12. The van der Waals surface area contributed by atoms with E-state index in [1.807, 2.05) is 0 Å². The van der Waals surface area contributed by atoms with Gasteiger partial charge in [0.05, 0.1) is 145 Å². The van der Waals surface area contributed by atoms with Gasteiger partial charge in [0.2, 0.25) is 0 Å². The molecule has 0 amide bonds. The van der Waals surface area contributed by atoms with E-state index in [2.05, 4.69) is 6.92 Å². The van der Waals surface area contributed by atoms with Crippen molar-refractivity contribution in [2.75, 3.05) is 164 Å². The van der Waals surface area contributed by atoms with Gasteiger partial charge in [0.1, 0.15) is 0 Å². The lowest BCUT2D eigenvalue weighted by Crippen LogP contribution is -2.15. The topological polar surface area (TPSA) is 111 Å². The predicted octanol–water partition coefficient (Wildman–Crippen LogP) is 4.96. The second kappa shape index (κ2) is 46.8. The highest BCUT2D eigenvalue weighted by Crippen LogP contribution is 2.02. The van der Waals surface area contributed by atoms with E-state index in [0.29, 0.717) is 145 Å². The molecule has 0 saturated heterocycles. The molecule has 0 radical (unpaired) electrons. The average molecular weight is 719 g/mol. The minimum Gasteiger partial charge on any atom is -0.379 e. The van der Waals surface area contributed by atoms with Gasteiger partial charge >= 0.3 is 0 Å². The fourth-order valence-electron chi connectivity index (χ4n) is 3.98. The van der Waals surface area contributed by atoms with Crippen LogP contribution in [0.5, 0.6) is 0 Å². The molecule has 12 nitrogen and oxygen atoms in total. The number of alkyl halides is 1. The summed E-state index contributed by atoms with van der Waals surface area (Å²) in [6, 6.07) is 0.